The van der Waals surface area contributed by atoms with Crippen molar-refractivity contribution in [2.45, 2.75) is 37.6 Å². The van der Waals surface area contributed by atoms with E-state index in [1.807, 2.05) is 0 Å². The summed E-state index contributed by atoms with van der Waals surface area (Å²) in [5.41, 5.74) is 6.92. The summed E-state index contributed by atoms with van der Waals surface area (Å²) >= 11 is 1.50. The van der Waals surface area contributed by atoms with Crippen LogP contribution in [0.25, 0.3) is 10.8 Å². The molecule has 1 aromatic carbocycles. The van der Waals surface area contributed by atoms with Crippen LogP contribution >= 0.6 is 11.3 Å². The molecule has 2 N–H and O–H groups in total. The van der Waals surface area contributed by atoms with Crippen molar-refractivity contribution in [3.8, 4) is 10.8 Å². The van der Waals surface area contributed by atoms with Crippen molar-refractivity contribution in [2.24, 2.45) is 5.73 Å². The Bertz CT molecular complexity index is 836. The van der Waals surface area contributed by atoms with E-state index in [4.69, 9.17) is 10.3 Å². The minimum Gasteiger partial charge on any atom is -0.333 e. The third-order valence-electron chi connectivity index (χ3n) is 4.40. The summed E-state index contributed by atoms with van der Waals surface area (Å²) in [7, 11) is 0. The highest BCUT2D eigenvalue weighted by atomic mass is 32.1. The van der Waals surface area contributed by atoms with Crippen molar-refractivity contribution in [1.29, 1.82) is 0 Å². The monoisotopic (exact) mass is 344 g/mol. The number of aromatic nitrogens is 3. The lowest BCUT2D eigenvalue weighted by Crippen LogP contribution is -2.34. The van der Waals surface area contributed by atoms with E-state index in [9.17, 15) is 4.39 Å². The van der Waals surface area contributed by atoms with Gasteiger partial charge in [0.1, 0.15) is 10.7 Å². The summed E-state index contributed by atoms with van der Waals surface area (Å²) in [6, 6.07) is 6.44. The largest absolute Gasteiger partial charge is 0.333 e. The smallest absolute Gasteiger partial charge is 0.269 e. The van der Waals surface area contributed by atoms with E-state index in [0.717, 1.165) is 41.1 Å². The number of nitrogens with two attached hydrogens (primary N) is 1. The molecule has 124 valence electrons. The van der Waals surface area contributed by atoms with Gasteiger partial charge in [-0.1, -0.05) is 30.1 Å². The van der Waals surface area contributed by atoms with Crippen molar-refractivity contribution in [2.75, 3.05) is 0 Å². The van der Waals surface area contributed by atoms with Gasteiger partial charge in [0.2, 0.25) is 0 Å². The first kappa shape index (κ1) is 15.4. The first-order chi connectivity index (χ1) is 11.6. The number of nitrogens with zero attached hydrogens (tertiary/aromatic N) is 3. The molecule has 0 amide bonds. The fourth-order valence-electron chi connectivity index (χ4n) is 3.02. The highest BCUT2D eigenvalue weighted by molar-refractivity contribution is 7.15. The average molecular weight is 344 g/mol. The van der Waals surface area contributed by atoms with Crippen LogP contribution in [0.3, 0.4) is 0 Å². The molecular weight excluding hydrogens is 327 g/mol. The van der Waals surface area contributed by atoms with Crippen LogP contribution < -0.4 is 5.73 Å². The van der Waals surface area contributed by atoms with Gasteiger partial charge in [0.15, 0.2) is 5.82 Å². The number of thiazole rings is 1. The average Bonchev–Trinajstić information content (AvgIpc) is 3.30. The number of benzene rings is 1. The Hall–Kier alpha value is -2.12. The Balaban J connectivity index is 1.52. The molecule has 0 radical (unpaired) electrons. The maximum Gasteiger partial charge on any atom is 0.269 e. The molecule has 1 aliphatic carbocycles. The highest BCUT2D eigenvalue weighted by Crippen LogP contribution is 2.36. The predicted molar refractivity (Wildman–Crippen MR) is 88.9 cm³/mol. The van der Waals surface area contributed by atoms with Gasteiger partial charge in [-0.25, -0.2) is 9.37 Å². The van der Waals surface area contributed by atoms with Gasteiger partial charge >= 0.3 is 0 Å². The Kier molecular flexibility index (Phi) is 3.90. The Labute approximate surface area is 142 Å². The summed E-state index contributed by atoms with van der Waals surface area (Å²) in [6.45, 7) is 0. The molecule has 24 heavy (non-hydrogen) atoms. The topological polar surface area (TPSA) is 77.8 Å². The molecule has 3 aromatic rings. The zero-order valence-corrected chi connectivity index (χ0v) is 13.9. The second-order valence-corrected chi connectivity index (χ2v) is 7.32. The summed E-state index contributed by atoms with van der Waals surface area (Å²) in [4.78, 5) is 9.71. The lowest BCUT2D eigenvalue weighted by atomic mass is 9.99. The minimum absolute atomic E-state index is 0.236. The van der Waals surface area contributed by atoms with E-state index in [1.165, 1.54) is 23.5 Å². The van der Waals surface area contributed by atoms with E-state index in [1.54, 1.807) is 18.3 Å². The van der Waals surface area contributed by atoms with Crippen LogP contribution in [0.5, 0.6) is 0 Å². The fourth-order valence-corrected chi connectivity index (χ4v) is 3.90. The first-order valence-corrected chi connectivity index (χ1v) is 8.77. The van der Waals surface area contributed by atoms with Gasteiger partial charge in [-0.05, 0) is 30.5 Å². The Morgan fingerprint density at radius 1 is 1.21 bits per heavy atom. The minimum atomic E-state index is -0.455. The second-order valence-electron chi connectivity index (χ2n) is 6.21. The second kappa shape index (κ2) is 6.07. The lowest BCUT2D eigenvalue weighted by Gasteiger charge is -2.17. The fraction of sp³-hybridized carbons (Fsp3) is 0.353. The molecule has 0 atom stereocenters. The van der Waals surface area contributed by atoms with Crippen molar-refractivity contribution in [3.63, 3.8) is 0 Å². The van der Waals surface area contributed by atoms with Gasteiger partial charge in [-0.2, -0.15) is 4.98 Å². The third-order valence-corrected chi connectivity index (χ3v) is 5.39. The van der Waals surface area contributed by atoms with Gasteiger partial charge in [-0.15, -0.1) is 11.3 Å². The molecule has 5 nitrogen and oxygen atoms in total. The zero-order chi connectivity index (χ0) is 16.6. The molecule has 0 unspecified atom stereocenters. The number of halogens is 1. The highest BCUT2D eigenvalue weighted by Gasteiger charge is 2.36. The van der Waals surface area contributed by atoms with Gasteiger partial charge in [0.05, 0.1) is 16.7 Å². The van der Waals surface area contributed by atoms with Crippen LogP contribution in [-0.2, 0) is 12.0 Å². The summed E-state index contributed by atoms with van der Waals surface area (Å²) in [5.74, 6) is 0.813. The van der Waals surface area contributed by atoms with E-state index in [-0.39, 0.29) is 5.82 Å². The van der Waals surface area contributed by atoms with Crippen LogP contribution in [0.2, 0.25) is 0 Å². The molecule has 1 saturated carbocycles. The third kappa shape index (κ3) is 2.97. The van der Waals surface area contributed by atoms with Crippen LogP contribution in [0, 0.1) is 5.82 Å². The standard InChI is InChI=1S/C17H17FN4OS/c18-12-5-3-11(4-6-12)9-14-20-10-13(24-14)15-21-16(22-23-15)17(19)7-1-2-8-17/h3-6,10H,1-2,7-9,19H2. The summed E-state index contributed by atoms with van der Waals surface area (Å²) < 4.78 is 18.3. The van der Waals surface area contributed by atoms with E-state index in [2.05, 4.69) is 15.1 Å². The molecule has 0 spiro atoms. The molecule has 0 aliphatic heterocycles. The first-order valence-electron chi connectivity index (χ1n) is 7.95. The lowest BCUT2D eigenvalue weighted by molar-refractivity contribution is 0.373. The number of hydrogen-bond acceptors (Lipinski definition) is 6. The molecule has 1 fully saturated rings. The molecule has 4 rings (SSSR count). The number of hydrogen-bond donors (Lipinski definition) is 1. The van der Waals surface area contributed by atoms with E-state index >= 15 is 0 Å². The van der Waals surface area contributed by atoms with E-state index in [0.29, 0.717) is 18.1 Å². The van der Waals surface area contributed by atoms with Crippen molar-refractivity contribution in [1.82, 2.24) is 15.1 Å². The van der Waals surface area contributed by atoms with Gasteiger partial charge in [0.25, 0.3) is 5.89 Å². The van der Waals surface area contributed by atoms with Crippen LogP contribution in [0.4, 0.5) is 4.39 Å². The zero-order valence-electron chi connectivity index (χ0n) is 13.0. The van der Waals surface area contributed by atoms with Gasteiger partial charge in [0, 0.05) is 6.42 Å². The van der Waals surface area contributed by atoms with Crippen LogP contribution in [0.15, 0.2) is 35.0 Å². The van der Waals surface area contributed by atoms with Crippen LogP contribution in [-0.4, -0.2) is 15.1 Å². The molecule has 7 heteroatoms. The normalized spacial score (nSPS) is 16.6. The SMILES string of the molecule is NC1(c2noc(-c3cnc(Cc4ccc(F)cc4)s3)n2)CCCC1. The van der Waals surface area contributed by atoms with Crippen molar-refractivity contribution in [3.05, 3.63) is 52.7 Å². The van der Waals surface area contributed by atoms with Gasteiger partial charge < -0.3 is 10.3 Å². The molecule has 1 aliphatic rings. The Morgan fingerprint density at radius 3 is 2.71 bits per heavy atom. The molecule has 2 aromatic heterocycles. The van der Waals surface area contributed by atoms with E-state index < -0.39 is 5.54 Å². The molecular formula is C17H17FN4OS. The van der Waals surface area contributed by atoms with Crippen molar-refractivity contribution >= 4 is 11.3 Å². The van der Waals surface area contributed by atoms with Crippen LogP contribution in [0.1, 0.15) is 42.1 Å². The van der Waals surface area contributed by atoms with Crippen molar-refractivity contribution < 1.29 is 8.91 Å². The number of rotatable bonds is 4. The molecule has 0 saturated heterocycles. The quantitative estimate of drug-likeness (QED) is 0.781. The maximum atomic E-state index is 13.0. The summed E-state index contributed by atoms with van der Waals surface area (Å²) in [6.07, 6.45) is 6.37. The maximum absolute atomic E-state index is 13.0. The van der Waals surface area contributed by atoms with Gasteiger partial charge in [-0.3, -0.25) is 0 Å². The molecule has 2 heterocycles. The Morgan fingerprint density at radius 2 is 1.96 bits per heavy atom. The molecule has 0 bridgehead atoms. The predicted octanol–water partition coefficient (Wildman–Crippen LogP) is 3.65. The summed E-state index contributed by atoms with van der Waals surface area (Å²) in [5, 5.41) is 4.99.